The Hall–Kier alpha value is -2.00. The van der Waals surface area contributed by atoms with E-state index in [1.165, 1.54) is 0 Å². The molecule has 1 amide bonds. The van der Waals surface area contributed by atoms with E-state index in [4.69, 9.17) is 17.3 Å². The number of nitrogens with two attached hydrogens (primary N) is 1. The van der Waals surface area contributed by atoms with Crippen LogP contribution in [-0.2, 0) is 6.42 Å². The van der Waals surface area contributed by atoms with Crippen LogP contribution in [-0.4, -0.2) is 5.91 Å². The molecule has 98 valence electrons. The molecular weight excluding hydrogens is 260 g/mol. The Morgan fingerprint density at radius 1 is 1.21 bits per heavy atom. The number of aryl methyl sites for hydroxylation is 1. The van der Waals surface area contributed by atoms with E-state index < -0.39 is 0 Å². The number of hydrogen-bond acceptors (Lipinski definition) is 2. The number of benzene rings is 2. The average Bonchev–Trinajstić information content (AvgIpc) is 2.41. The summed E-state index contributed by atoms with van der Waals surface area (Å²) >= 11 is 5.80. The van der Waals surface area contributed by atoms with Crippen molar-refractivity contribution in [1.82, 2.24) is 0 Å². The van der Waals surface area contributed by atoms with E-state index in [1.54, 1.807) is 30.3 Å². The molecule has 0 aromatic heterocycles. The minimum Gasteiger partial charge on any atom is -0.399 e. The smallest absolute Gasteiger partial charge is 0.255 e. The molecule has 2 rings (SSSR count). The highest BCUT2D eigenvalue weighted by molar-refractivity contribution is 6.30. The standard InChI is InChI=1S/C15H15ClN2O/c1-2-10-9-13(17)7-8-14(10)18-15(19)11-3-5-12(16)6-4-11/h3-9H,2,17H2,1H3,(H,18,19). The van der Waals surface area contributed by atoms with Gasteiger partial charge in [-0.25, -0.2) is 0 Å². The van der Waals surface area contributed by atoms with Gasteiger partial charge >= 0.3 is 0 Å². The van der Waals surface area contributed by atoms with Gasteiger partial charge in [-0.3, -0.25) is 4.79 Å². The maximum absolute atomic E-state index is 12.1. The molecule has 19 heavy (non-hydrogen) atoms. The van der Waals surface area contributed by atoms with Gasteiger partial charge in [0.2, 0.25) is 0 Å². The molecule has 3 N–H and O–H groups in total. The van der Waals surface area contributed by atoms with Crippen LogP contribution in [0.1, 0.15) is 22.8 Å². The molecule has 0 heterocycles. The zero-order chi connectivity index (χ0) is 13.8. The largest absolute Gasteiger partial charge is 0.399 e. The van der Waals surface area contributed by atoms with E-state index in [2.05, 4.69) is 5.32 Å². The minimum absolute atomic E-state index is 0.156. The number of carbonyl (C=O) groups excluding carboxylic acids is 1. The van der Waals surface area contributed by atoms with Crippen LogP contribution in [0.25, 0.3) is 0 Å². The average molecular weight is 275 g/mol. The summed E-state index contributed by atoms with van der Waals surface area (Å²) in [7, 11) is 0. The monoisotopic (exact) mass is 274 g/mol. The van der Waals surface area contributed by atoms with E-state index >= 15 is 0 Å². The first-order chi connectivity index (χ1) is 9.10. The number of hydrogen-bond donors (Lipinski definition) is 2. The minimum atomic E-state index is -0.156. The second kappa shape index (κ2) is 5.76. The van der Waals surface area contributed by atoms with Gasteiger partial charge in [-0.1, -0.05) is 18.5 Å². The van der Waals surface area contributed by atoms with Crippen molar-refractivity contribution in [2.75, 3.05) is 11.1 Å². The molecule has 0 aliphatic heterocycles. The maximum atomic E-state index is 12.1. The van der Waals surface area contributed by atoms with Gasteiger partial charge in [-0.15, -0.1) is 0 Å². The van der Waals surface area contributed by atoms with Gasteiger partial charge in [0.15, 0.2) is 0 Å². The van der Waals surface area contributed by atoms with Crippen molar-refractivity contribution in [3.8, 4) is 0 Å². The summed E-state index contributed by atoms with van der Waals surface area (Å²) in [6, 6.07) is 12.2. The fourth-order valence-corrected chi connectivity index (χ4v) is 1.95. The molecule has 2 aromatic carbocycles. The van der Waals surface area contributed by atoms with Crippen molar-refractivity contribution in [3.05, 3.63) is 58.6 Å². The van der Waals surface area contributed by atoms with Crippen LogP contribution in [0.5, 0.6) is 0 Å². The summed E-state index contributed by atoms with van der Waals surface area (Å²) in [6.45, 7) is 2.02. The summed E-state index contributed by atoms with van der Waals surface area (Å²) < 4.78 is 0. The first kappa shape index (κ1) is 13.4. The molecule has 0 aliphatic rings. The molecule has 3 nitrogen and oxygen atoms in total. The van der Waals surface area contributed by atoms with Crippen LogP contribution in [0.2, 0.25) is 5.02 Å². The maximum Gasteiger partial charge on any atom is 0.255 e. The zero-order valence-corrected chi connectivity index (χ0v) is 11.4. The highest BCUT2D eigenvalue weighted by atomic mass is 35.5. The molecule has 0 saturated carbocycles. The van der Waals surface area contributed by atoms with Gasteiger partial charge < -0.3 is 11.1 Å². The molecule has 0 saturated heterocycles. The van der Waals surface area contributed by atoms with Crippen molar-refractivity contribution in [2.24, 2.45) is 0 Å². The predicted octanol–water partition coefficient (Wildman–Crippen LogP) is 3.74. The molecule has 0 unspecified atom stereocenters. The summed E-state index contributed by atoms with van der Waals surface area (Å²) in [4.78, 5) is 12.1. The Balaban J connectivity index is 2.21. The van der Waals surface area contributed by atoms with Crippen molar-refractivity contribution in [3.63, 3.8) is 0 Å². The lowest BCUT2D eigenvalue weighted by molar-refractivity contribution is 0.102. The third-order valence-corrected chi connectivity index (χ3v) is 3.12. The SMILES string of the molecule is CCc1cc(N)ccc1NC(=O)c1ccc(Cl)cc1. The van der Waals surface area contributed by atoms with Crippen molar-refractivity contribution < 1.29 is 4.79 Å². The van der Waals surface area contributed by atoms with Crippen LogP contribution in [0.3, 0.4) is 0 Å². The number of carbonyl (C=O) groups is 1. The lowest BCUT2D eigenvalue weighted by Gasteiger charge is -2.10. The zero-order valence-electron chi connectivity index (χ0n) is 10.6. The number of nitrogen functional groups attached to an aromatic ring is 1. The molecule has 2 aromatic rings. The van der Waals surface area contributed by atoms with E-state index in [1.807, 2.05) is 19.1 Å². The van der Waals surface area contributed by atoms with Crippen LogP contribution >= 0.6 is 11.6 Å². The number of anilines is 2. The number of amides is 1. The highest BCUT2D eigenvalue weighted by Crippen LogP contribution is 2.20. The van der Waals surface area contributed by atoms with Gasteiger partial charge in [0.1, 0.15) is 0 Å². The number of halogens is 1. The molecule has 0 spiro atoms. The van der Waals surface area contributed by atoms with E-state index in [9.17, 15) is 4.79 Å². The van der Waals surface area contributed by atoms with Crippen LogP contribution < -0.4 is 11.1 Å². The van der Waals surface area contributed by atoms with Gasteiger partial charge in [-0.05, 0) is 54.4 Å². The second-order valence-corrected chi connectivity index (χ2v) is 4.67. The van der Waals surface area contributed by atoms with Crippen LogP contribution in [0.4, 0.5) is 11.4 Å². The molecule has 4 heteroatoms. The third-order valence-electron chi connectivity index (χ3n) is 2.86. The van der Waals surface area contributed by atoms with Crippen molar-refractivity contribution in [2.45, 2.75) is 13.3 Å². The lowest BCUT2D eigenvalue weighted by Crippen LogP contribution is -2.13. The normalized spacial score (nSPS) is 10.2. The summed E-state index contributed by atoms with van der Waals surface area (Å²) in [5, 5.41) is 3.50. The second-order valence-electron chi connectivity index (χ2n) is 4.23. The fourth-order valence-electron chi connectivity index (χ4n) is 1.82. The summed E-state index contributed by atoms with van der Waals surface area (Å²) in [6.07, 6.45) is 0.807. The molecule has 0 atom stereocenters. The lowest BCUT2D eigenvalue weighted by atomic mass is 10.1. The molecular formula is C15H15ClN2O. The number of nitrogens with one attached hydrogen (secondary N) is 1. The molecule has 0 radical (unpaired) electrons. The van der Waals surface area contributed by atoms with Gasteiger partial charge in [-0.2, -0.15) is 0 Å². The first-order valence-corrected chi connectivity index (χ1v) is 6.43. The van der Waals surface area contributed by atoms with Crippen LogP contribution in [0.15, 0.2) is 42.5 Å². The molecule has 0 fully saturated rings. The summed E-state index contributed by atoms with van der Waals surface area (Å²) in [5.74, 6) is -0.156. The Morgan fingerprint density at radius 2 is 1.89 bits per heavy atom. The third kappa shape index (κ3) is 3.26. The van der Waals surface area contributed by atoms with Crippen molar-refractivity contribution in [1.29, 1.82) is 0 Å². The highest BCUT2D eigenvalue weighted by Gasteiger charge is 2.08. The van der Waals surface area contributed by atoms with E-state index in [-0.39, 0.29) is 5.91 Å². The Labute approximate surface area is 117 Å². The van der Waals surface area contributed by atoms with Gasteiger partial charge in [0, 0.05) is 22.0 Å². The first-order valence-electron chi connectivity index (χ1n) is 6.05. The van der Waals surface area contributed by atoms with Gasteiger partial charge in [0.25, 0.3) is 5.91 Å². The predicted molar refractivity (Wildman–Crippen MR) is 79.6 cm³/mol. The fraction of sp³-hybridized carbons (Fsp3) is 0.133. The van der Waals surface area contributed by atoms with E-state index in [0.29, 0.717) is 16.3 Å². The van der Waals surface area contributed by atoms with E-state index in [0.717, 1.165) is 17.7 Å². The molecule has 0 bridgehead atoms. The van der Waals surface area contributed by atoms with Gasteiger partial charge in [0.05, 0.1) is 0 Å². The molecule has 0 aliphatic carbocycles. The Kier molecular flexibility index (Phi) is 4.07. The quantitative estimate of drug-likeness (QED) is 0.838. The van der Waals surface area contributed by atoms with Crippen LogP contribution in [0, 0.1) is 0 Å². The summed E-state index contributed by atoms with van der Waals surface area (Å²) in [5.41, 5.74) is 8.81. The Morgan fingerprint density at radius 3 is 2.53 bits per heavy atom. The topological polar surface area (TPSA) is 55.1 Å². The number of rotatable bonds is 3. The van der Waals surface area contributed by atoms with Crippen molar-refractivity contribution >= 4 is 28.9 Å². The Bertz CT molecular complexity index is 594.